The number of aryl methyl sites for hydroxylation is 2. The molecule has 1 amide bonds. The largest absolute Gasteiger partial charge is 0.548 e. The number of aromatic hydroxyl groups is 1. The normalized spacial score (nSPS) is 12.1. The van der Waals surface area contributed by atoms with Gasteiger partial charge >= 0.3 is 5.63 Å². The van der Waals surface area contributed by atoms with Gasteiger partial charge in [0.15, 0.2) is 0 Å². The first kappa shape index (κ1) is 18.9. The SMILES string of the molecule is CSC[C@H](NC(=O)Cc1c(C)c2ccc(O)c(C)c2oc1=O)C(=O)[O-]. The van der Waals surface area contributed by atoms with Crippen molar-refractivity contribution in [3.05, 3.63) is 39.2 Å². The minimum atomic E-state index is -1.38. The van der Waals surface area contributed by atoms with E-state index in [1.165, 1.54) is 17.8 Å². The van der Waals surface area contributed by atoms with Crippen LogP contribution in [0, 0.1) is 13.8 Å². The summed E-state index contributed by atoms with van der Waals surface area (Å²) in [6.45, 7) is 3.30. The van der Waals surface area contributed by atoms with Gasteiger partial charge in [-0.3, -0.25) is 4.79 Å². The number of hydrogen-bond donors (Lipinski definition) is 2. The number of aliphatic carboxylic acids is 1. The van der Waals surface area contributed by atoms with Gasteiger partial charge in [0.2, 0.25) is 5.91 Å². The number of benzene rings is 1. The molecule has 8 heteroatoms. The van der Waals surface area contributed by atoms with Crippen molar-refractivity contribution in [2.75, 3.05) is 12.0 Å². The highest BCUT2D eigenvalue weighted by atomic mass is 32.2. The lowest BCUT2D eigenvalue weighted by Gasteiger charge is -2.18. The summed E-state index contributed by atoms with van der Waals surface area (Å²) in [4.78, 5) is 35.4. The standard InChI is InChI=1S/C17H19NO6S/c1-8-10-4-5-13(19)9(2)15(10)24-17(23)11(8)6-14(20)18-12(7-25-3)16(21)22/h4-5,12,19H,6-7H2,1-3H3,(H,18,20)(H,21,22)/p-1/t12-/m0/s1. The number of fused-ring (bicyclic) bond motifs is 1. The quantitative estimate of drug-likeness (QED) is 0.705. The first-order valence-corrected chi connectivity index (χ1v) is 8.89. The van der Waals surface area contributed by atoms with Crippen LogP contribution in [-0.2, 0) is 16.0 Å². The zero-order valence-electron chi connectivity index (χ0n) is 14.0. The molecule has 1 aromatic carbocycles. The van der Waals surface area contributed by atoms with E-state index in [0.717, 1.165) is 0 Å². The van der Waals surface area contributed by atoms with Crippen LogP contribution in [-0.4, -0.2) is 35.0 Å². The van der Waals surface area contributed by atoms with E-state index in [1.807, 2.05) is 0 Å². The number of carbonyl (C=O) groups excluding carboxylic acids is 2. The molecule has 0 aliphatic heterocycles. The lowest BCUT2D eigenvalue weighted by atomic mass is 10.0. The summed E-state index contributed by atoms with van der Waals surface area (Å²) in [7, 11) is 0. The molecule has 0 unspecified atom stereocenters. The second-order valence-corrected chi connectivity index (χ2v) is 6.56. The smallest absolute Gasteiger partial charge is 0.340 e. The first-order valence-electron chi connectivity index (χ1n) is 7.50. The molecule has 2 rings (SSSR count). The molecule has 0 radical (unpaired) electrons. The third-order valence-corrected chi connectivity index (χ3v) is 4.63. The van der Waals surface area contributed by atoms with E-state index >= 15 is 0 Å². The Morgan fingerprint density at radius 1 is 1.32 bits per heavy atom. The number of amides is 1. The summed E-state index contributed by atoms with van der Waals surface area (Å²) >= 11 is 1.26. The van der Waals surface area contributed by atoms with Crippen LogP contribution >= 0.6 is 11.8 Å². The number of hydrogen-bond acceptors (Lipinski definition) is 7. The van der Waals surface area contributed by atoms with Gasteiger partial charge < -0.3 is 24.7 Å². The predicted octanol–water partition coefficient (Wildman–Crippen LogP) is 0.256. The maximum atomic E-state index is 12.2. The molecule has 2 N–H and O–H groups in total. The number of phenolic OH excluding ortho intramolecular Hbond substituents is 1. The number of carboxylic acids is 1. The van der Waals surface area contributed by atoms with Gasteiger partial charge in [-0.05, 0) is 37.8 Å². The Bertz CT molecular complexity index is 889. The highest BCUT2D eigenvalue weighted by Gasteiger charge is 2.19. The minimum Gasteiger partial charge on any atom is -0.548 e. The van der Waals surface area contributed by atoms with Gasteiger partial charge in [-0.1, -0.05) is 0 Å². The van der Waals surface area contributed by atoms with Crippen LogP contribution in [0.25, 0.3) is 11.0 Å². The molecular weight excluding hydrogens is 346 g/mol. The van der Waals surface area contributed by atoms with Crippen LogP contribution in [0.2, 0.25) is 0 Å². The van der Waals surface area contributed by atoms with E-state index in [2.05, 4.69) is 5.32 Å². The molecule has 2 aromatic rings. The molecule has 0 aliphatic rings. The number of rotatable bonds is 6. The van der Waals surface area contributed by atoms with Gasteiger partial charge in [-0.2, -0.15) is 11.8 Å². The third-order valence-electron chi connectivity index (χ3n) is 3.97. The molecule has 0 saturated carbocycles. The van der Waals surface area contributed by atoms with Gasteiger partial charge in [0.05, 0.1) is 24.0 Å². The average Bonchev–Trinajstić information content (AvgIpc) is 2.55. The Kier molecular flexibility index (Phi) is 5.73. The molecule has 134 valence electrons. The molecule has 1 atom stereocenters. The second kappa shape index (κ2) is 7.60. The molecule has 0 saturated heterocycles. The molecule has 1 heterocycles. The summed E-state index contributed by atoms with van der Waals surface area (Å²) in [5, 5.41) is 23.7. The summed E-state index contributed by atoms with van der Waals surface area (Å²) in [6.07, 6.45) is 1.41. The summed E-state index contributed by atoms with van der Waals surface area (Å²) < 4.78 is 5.26. The van der Waals surface area contributed by atoms with Crippen molar-refractivity contribution < 1.29 is 24.2 Å². The van der Waals surface area contributed by atoms with E-state index in [0.29, 0.717) is 16.5 Å². The van der Waals surface area contributed by atoms with Crippen molar-refractivity contribution in [3.8, 4) is 5.75 Å². The van der Waals surface area contributed by atoms with Crippen LogP contribution in [0.1, 0.15) is 16.7 Å². The zero-order chi connectivity index (χ0) is 18.7. The van der Waals surface area contributed by atoms with E-state index in [9.17, 15) is 24.6 Å². The minimum absolute atomic E-state index is 0.00871. The lowest BCUT2D eigenvalue weighted by Crippen LogP contribution is -2.50. The van der Waals surface area contributed by atoms with Crippen molar-refractivity contribution in [3.63, 3.8) is 0 Å². The van der Waals surface area contributed by atoms with E-state index in [4.69, 9.17) is 4.42 Å². The van der Waals surface area contributed by atoms with E-state index in [1.54, 1.807) is 26.2 Å². The van der Waals surface area contributed by atoms with Crippen molar-refractivity contribution in [1.29, 1.82) is 0 Å². The Morgan fingerprint density at radius 3 is 2.60 bits per heavy atom. The summed E-state index contributed by atoms with van der Waals surface area (Å²) in [6, 6.07) is 1.96. The second-order valence-electron chi connectivity index (χ2n) is 5.65. The summed E-state index contributed by atoms with van der Waals surface area (Å²) in [5.41, 5.74) is 0.715. The fraction of sp³-hybridized carbons (Fsp3) is 0.353. The molecule has 7 nitrogen and oxygen atoms in total. The van der Waals surface area contributed by atoms with Crippen molar-refractivity contribution in [2.45, 2.75) is 26.3 Å². The maximum Gasteiger partial charge on any atom is 0.340 e. The zero-order valence-corrected chi connectivity index (χ0v) is 14.9. The van der Waals surface area contributed by atoms with Crippen LogP contribution < -0.4 is 16.0 Å². The highest BCUT2D eigenvalue weighted by Crippen LogP contribution is 2.28. The predicted molar refractivity (Wildman–Crippen MR) is 92.6 cm³/mol. The molecular formula is C17H18NO6S-. The fourth-order valence-electron chi connectivity index (χ4n) is 2.52. The van der Waals surface area contributed by atoms with Gasteiger partial charge in [0.25, 0.3) is 0 Å². The monoisotopic (exact) mass is 364 g/mol. The van der Waals surface area contributed by atoms with Crippen LogP contribution in [0.3, 0.4) is 0 Å². The maximum absolute atomic E-state index is 12.2. The number of carboxylic acid groups (broad SMARTS) is 1. The third kappa shape index (κ3) is 3.96. The molecule has 25 heavy (non-hydrogen) atoms. The van der Waals surface area contributed by atoms with Gasteiger partial charge in [-0.15, -0.1) is 0 Å². The van der Waals surface area contributed by atoms with Crippen LogP contribution in [0.15, 0.2) is 21.3 Å². The fourth-order valence-corrected chi connectivity index (χ4v) is 3.08. The molecule has 0 fully saturated rings. The molecule has 0 bridgehead atoms. The van der Waals surface area contributed by atoms with Crippen molar-refractivity contribution >= 4 is 34.6 Å². The van der Waals surface area contributed by atoms with Crippen molar-refractivity contribution in [2.24, 2.45) is 0 Å². The Balaban J connectivity index is 2.35. The molecule has 1 aromatic heterocycles. The average molecular weight is 364 g/mol. The Hall–Kier alpha value is -2.48. The Morgan fingerprint density at radius 2 is 2.00 bits per heavy atom. The lowest BCUT2D eigenvalue weighted by molar-refractivity contribution is -0.307. The Labute approximate surface area is 148 Å². The van der Waals surface area contributed by atoms with E-state index in [-0.39, 0.29) is 29.1 Å². The van der Waals surface area contributed by atoms with Gasteiger partial charge in [-0.25, -0.2) is 4.79 Å². The van der Waals surface area contributed by atoms with Gasteiger partial charge in [0.1, 0.15) is 11.3 Å². The molecule has 0 aliphatic carbocycles. The number of phenols is 1. The molecule has 0 spiro atoms. The van der Waals surface area contributed by atoms with E-state index < -0.39 is 23.5 Å². The van der Waals surface area contributed by atoms with Crippen LogP contribution in [0.5, 0.6) is 5.75 Å². The van der Waals surface area contributed by atoms with Crippen LogP contribution in [0.4, 0.5) is 0 Å². The number of nitrogens with one attached hydrogen (secondary N) is 1. The number of thioether (sulfide) groups is 1. The summed E-state index contributed by atoms with van der Waals surface area (Å²) in [5.74, 6) is -1.81. The highest BCUT2D eigenvalue weighted by molar-refractivity contribution is 7.98. The number of carbonyl (C=O) groups is 2. The van der Waals surface area contributed by atoms with Crippen molar-refractivity contribution in [1.82, 2.24) is 5.32 Å². The van der Waals surface area contributed by atoms with Gasteiger partial charge in [0, 0.05) is 16.7 Å². The topological polar surface area (TPSA) is 120 Å². The first-order chi connectivity index (χ1) is 11.8.